The Morgan fingerprint density at radius 2 is 0.630 bits per heavy atom. The first-order valence-corrected chi connectivity index (χ1v) is 23.5. The predicted octanol–water partition coefficient (Wildman–Crippen LogP) is 15.3. The van der Waals surface area contributed by atoms with Crippen molar-refractivity contribution in [1.29, 1.82) is 26.3 Å². The zero-order chi connectivity index (χ0) is 49.7. The Bertz CT molecular complexity index is 4050. The monoisotopic (exact) mass is 928 g/mol. The second kappa shape index (κ2) is 17.6. The molecule has 0 N–H and O–H groups in total. The number of hydrogen-bond donors (Lipinski definition) is 0. The van der Waals surface area contributed by atoms with E-state index in [1.807, 2.05) is 97.9 Å². The SMILES string of the molecule is Cc1cccc(-c2cc(-n3c4ccc(-c5cccc(C#N)c5)cc4c4cc(-c5cccc(C#N)c5)ccc43)c(C#N)c(-n3c4ccc(-c5cccc(C#N)c5)cc4c4cc(-c5cccc(C#N)c5)ccc43)c2)n1. The summed E-state index contributed by atoms with van der Waals surface area (Å²) >= 11 is 0. The van der Waals surface area contributed by atoms with Gasteiger partial charge < -0.3 is 9.13 Å². The van der Waals surface area contributed by atoms with Crippen LogP contribution >= 0.6 is 0 Å². The molecule has 0 saturated carbocycles. The summed E-state index contributed by atoms with van der Waals surface area (Å²) in [7, 11) is 0. The van der Waals surface area contributed by atoms with Crippen LogP contribution in [0, 0.1) is 63.6 Å². The molecule has 0 saturated heterocycles. The van der Waals surface area contributed by atoms with Crippen LogP contribution in [0.4, 0.5) is 0 Å². The van der Waals surface area contributed by atoms with Gasteiger partial charge in [-0.05, 0) is 173 Å². The van der Waals surface area contributed by atoms with Gasteiger partial charge in [-0.2, -0.15) is 26.3 Å². The number of benzene rings is 9. The average molecular weight is 929 g/mol. The summed E-state index contributed by atoms with van der Waals surface area (Å²) in [6.07, 6.45) is 0. The van der Waals surface area contributed by atoms with E-state index in [4.69, 9.17) is 4.98 Å². The maximum absolute atomic E-state index is 11.8. The van der Waals surface area contributed by atoms with Gasteiger partial charge in [-0.1, -0.05) is 78.9 Å². The van der Waals surface area contributed by atoms with Gasteiger partial charge in [0.1, 0.15) is 11.6 Å². The van der Waals surface area contributed by atoms with Crippen LogP contribution in [-0.2, 0) is 0 Å². The van der Waals surface area contributed by atoms with Crippen LogP contribution < -0.4 is 0 Å². The number of nitrogens with zero attached hydrogens (tertiary/aromatic N) is 8. The first-order valence-electron chi connectivity index (χ1n) is 23.5. The van der Waals surface area contributed by atoms with Gasteiger partial charge in [0.05, 0.1) is 85.7 Å². The predicted molar refractivity (Wildman–Crippen MR) is 288 cm³/mol. The number of fused-ring (bicyclic) bond motifs is 6. The molecular weight excluding hydrogens is 893 g/mol. The molecule has 9 aromatic carbocycles. The van der Waals surface area contributed by atoms with Crippen LogP contribution in [0.3, 0.4) is 0 Å². The molecule has 0 atom stereocenters. The number of aryl methyl sites for hydroxylation is 1. The fourth-order valence-corrected chi connectivity index (χ4v) is 10.3. The fourth-order valence-electron chi connectivity index (χ4n) is 10.3. The van der Waals surface area contributed by atoms with Crippen LogP contribution in [0.15, 0.2) is 200 Å². The van der Waals surface area contributed by atoms with Gasteiger partial charge in [0.25, 0.3) is 0 Å². The Balaban J connectivity index is 1.18. The van der Waals surface area contributed by atoms with E-state index in [0.29, 0.717) is 39.2 Å². The normalized spacial score (nSPS) is 11.0. The van der Waals surface area contributed by atoms with Crippen LogP contribution in [0.5, 0.6) is 0 Å². The molecular formula is C65H36N8. The molecule has 8 heteroatoms. The van der Waals surface area contributed by atoms with Gasteiger partial charge in [-0.25, -0.2) is 0 Å². The smallest absolute Gasteiger partial charge is 0.104 e. The average Bonchev–Trinajstić information content (AvgIpc) is 3.96. The lowest BCUT2D eigenvalue weighted by Crippen LogP contribution is -2.05. The largest absolute Gasteiger partial charge is 0.308 e. The highest BCUT2D eigenvalue weighted by Gasteiger charge is 2.24. The highest BCUT2D eigenvalue weighted by atomic mass is 15.0. The first kappa shape index (κ1) is 43.5. The number of hydrogen-bond acceptors (Lipinski definition) is 6. The minimum absolute atomic E-state index is 0.433. The van der Waals surface area contributed by atoms with Gasteiger partial charge in [0.15, 0.2) is 0 Å². The Labute approximate surface area is 420 Å². The van der Waals surface area contributed by atoms with Gasteiger partial charge in [0, 0.05) is 32.8 Å². The quantitative estimate of drug-likeness (QED) is 0.156. The zero-order valence-electron chi connectivity index (χ0n) is 39.1. The number of aromatic nitrogens is 3. The molecule has 8 nitrogen and oxygen atoms in total. The Hall–Kier alpha value is -10.8. The third-order valence-electron chi connectivity index (χ3n) is 13.7. The molecule has 12 rings (SSSR count). The van der Waals surface area contributed by atoms with Crippen LogP contribution in [0.1, 0.15) is 33.5 Å². The van der Waals surface area contributed by atoms with E-state index in [2.05, 4.69) is 124 Å². The lowest BCUT2D eigenvalue weighted by Gasteiger charge is -2.18. The molecule has 0 aliphatic rings. The van der Waals surface area contributed by atoms with Gasteiger partial charge in [-0.3, -0.25) is 4.98 Å². The number of rotatable bonds is 7. The van der Waals surface area contributed by atoms with Crippen LogP contribution in [-0.4, -0.2) is 14.1 Å². The minimum atomic E-state index is 0.433. The second-order valence-electron chi connectivity index (χ2n) is 18.0. The zero-order valence-corrected chi connectivity index (χ0v) is 39.1. The molecule has 3 aromatic heterocycles. The van der Waals surface area contributed by atoms with Crippen molar-refractivity contribution >= 4 is 43.6 Å². The summed E-state index contributed by atoms with van der Waals surface area (Å²) < 4.78 is 4.34. The van der Waals surface area contributed by atoms with Crippen molar-refractivity contribution in [1.82, 2.24) is 14.1 Å². The molecule has 12 aromatic rings. The number of nitriles is 5. The van der Waals surface area contributed by atoms with Crippen molar-refractivity contribution in [3.05, 3.63) is 234 Å². The molecule has 0 fully saturated rings. The van der Waals surface area contributed by atoms with Crippen molar-refractivity contribution < 1.29 is 0 Å². The van der Waals surface area contributed by atoms with E-state index in [1.165, 1.54) is 0 Å². The molecule has 73 heavy (non-hydrogen) atoms. The molecule has 0 bridgehead atoms. The summed E-state index contributed by atoms with van der Waals surface area (Å²) in [4.78, 5) is 5.04. The number of pyridine rings is 1. The highest BCUT2D eigenvalue weighted by Crippen LogP contribution is 2.43. The summed E-state index contributed by atoms with van der Waals surface area (Å²) in [5, 5.41) is 54.9. The summed E-state index contributed by atoms with van der Waals surface area (Å²) in [5.41, 5.74) is 17.2. The maximum atomic E-state index is 11.8. The lowest BCUT2D eigenvalue weighted by atomic mass is 9.99. The third-order valence-corrected chi connectivity index (χ3v) is 13.7. The van der Waals surface area contributed by atoms with Crippen molar-refractivity contribution in [2.75, 3.05) is 0 Å². The minimum Gasteiger partial charge on any atom is -0.308 e. The van der Waals surface area contributed by atoms with E-state index < -0.39 is 0 Å². The van der Waals surface area contributed by atoms with Crippen molar-refractivity contribution in [2.45, 2.75) is 6.92 Å². The highest BCUT2D eigenvalue weighted by molar-refractivity contribution is 6.14. The Kier molecular flexibility index (Phi) is 10.5. The van der Waals surface area contributed by atoms with Gasteiger partial charge in [-0.15, -0.1) is 0 Å². The van der Waals surface area contributed by atoms with Gasteiger partial charge >= 0.3 is 0 Å². The maximum Gasteiger partial charge on any atom is 0.104 e. The van der Waals surface area contributed by atoms with Crippen LogP contribution in [0.25, 0.3) is 111 Å². The topological polar surface area (TPSA) is 142 Å². The molecule has 0 radical (unpaired) electrons. The van der Waals surface area contributed by atoms with E-state index >= 15 is 0 Å². The fraction of sp³-hybridized carbons (Fsp3) is 0.0154. The van der Waals surface area contributed by atoms with E-state index in [-0.39, 0.29) is 0 Å². The van der Waals surface area contributed by atoms with Crippen molar-refractivity contribution in [2.24, 2.45) is 0 Å². The molecule has 0 aliphatic heterocycles. The van der Waals surface area contributed by atoms with E-state index in [0.717, 1.165) is 105 Å². The molecule has 0 spiro atoms. The summed E-state index contributed by atoms with van der Waals surface area (Å²) in [6.45, 7) is 1.97. The summed E-state index contributed by atoms with van der Waals surface area (Å²) in [5.74, 6) is 0. The molecule has 0 unspecified atom stereocenters. The second-order valence-corrected chi connectivity index (χ2v) is 18.0. The van der Waals surface area contributed by atoms with Gasteiger partial charge in [0.2, 0.25) is 0 Å². The molecule has 336 valence electrons. The van der Waals surface area contributed by atoms with Crippen molar-refractivity contribution in [3.8, 4) is 97.5 Å². The van der Waals surface area contributed by atoms with Crippen molar-refractivity contribution in [3.63, 3.8) is 0 Å². The summed E-state index contributed by atoms with van der Waals surface area (Å²) in [6, 6.07) is 77.4. The Morgan fingerprint density at radius 1 is 0.315 bits per heavy atom. The standard InChI is InChI=1S/C65H36N8/c1-40-7-2-16-59(71-40)53-33-64(72-60-21-17-49(45-12-3-8-41(25-45)35-66)29-54(60)55-30-50(18-22-61(55)72)46-13-4-9-42(26-46)36-67)58(39-70)65(34-53)73-62-23-19-51(47-14-5-10-43(27-47)37-68)31-56(62)57-32-52(20-24-63(57)73)48-15-6-11-44(28-48)38-69/h2-34H,1H3. The third kappa shape index (κ3) is 7.49. The van der Waals surface area contributed by atoms with E-state index in [1.54, 1.807) is 24.3 Å². The van der Waals surface area contributed by atoms with E-state index in [9.17, 15) is 26.3 Å². The Morgan fingerprint density at radius 3 is 0.932 bits per heavy atom. The lowest BCUT2D eigenvalue weighted by molar-refractivity contribution is 1.11. The van der Waals surface area contributed by atoms with Crippen LogP contribution in [0.2, 0.25) is 0 Å². The first-order chi connectivity index (χ1) is 35.8. The molecule has 0 amide bonds. The molecule has 0 aliphatic carbocycles. The molecule has 3 heterocycles.